The van der Waals surface area contributed by atoms with E-state index in [4.69, 9.17) is 19.9 Å². The second kappa shape index (κ2) is 38.9. The van der Waals surface area contributed by atoms with Gasteiger partial charge < -0.3 is 19.3 Å². The Bertz CT molecular complexity index is 8750. The van der Waals surface area contributed by atoms with Crippen molar-refractivity contribution in [3.05, 3.63) is 433 Å². The Kier molecular flexibility index (Phi) is 26.8. The van der Waals surface area contributed by atoms with Gasteiger partial charge in [-0.25, -0.2) is 9.97 Å². The molecule has 22 aromatic rings. The fraction of sp³-hybridized carbons (Fsp3) is 0.200. The summed E-state index contributed by atoms with van der Waals surface area (Å²) >= 11 is 0. The molecule has 12 heteroatoms. The zero-order valence-corrected chi connectivity index (χ0v) is 91.9. The van der Waals surface area contributed by atoms with E-state index >= 15 is 0 Å². The molecule has 0 aliphatic rings. The number of imidazole rings is 2. The smallest absolute Gasteiger partial charge is 0.148 e. The molecule has 0 saturated heterocycles. The molecule has 10 nitrogen and oxygen atoms in total. The monoisotopic (exact) mass is 2280 g/mol. The van der Waals surface area contributed by atoms with E-state index < -0.39 is 5.41 Å². The zero-order chi connectivity index (χ0) is 101. The van der Waals surface area contributed by atoms with E-state index in [9.17, 15) is 10.2 Å². The minimum Gasteiger partial charge on any atom is -0.507 e. The van der Waals surface area contributed by atoms with E-state index in [0.29, 0.717) is 22.8 Å². The van der Waals surface area contributed by atoms with Crippen LogP contribution in [0.25, 0.3) is 189 Å². The summed E-state index contributed by atoms with van der Waals surface area (Å²) in [7, 11) is 0. The van der Waals surface area contributed by atoms with Gasteiger partial charge in [0.25, 0.3) is 0 Å². The average Bonchev–Trinajstić information content (AvgIpc) is 1.58. The molecular weight excluding hydrogens is 2160 g/mol. The standard InChI is InChI=1S/C69H65N4O.C66H59N4O.2Pt/c1-66(2,3)48-34-35-60(54(39-48)44-24-15-12-16-25-44)73-61-33-23-31-52(63(61)71-65(73)55-40-49(67(4,5)6)41-57(64(55)74)68(7,8)9)45-36-46(38-50(37-45)69(10,11)47-26-17-13-18-27-47)58-42-62-56(43-70-58)53-30-21-22-32-59(53)72(62)51-28-19-14-20-29-51;1-64(2,3)47-32-33-58(52(37-47)43-24-15-11-16-25-43)70-59-31-21-29-50(61(59)68-63(70)53-38-48(65(4,5)6)39-55(62(53)71)66(7,8)9)45-34-44(42-22-13-10-14-23-42)35-46(36-45)56-40-60-54(41-67-56)51-28-19-20-30-57(51)69(60)49-26-17-12-18-27-49;;/h12-35,37-43,74H,1-11H3;10-35,37-41,71H,1-9H3;;/q2*-1;;. The summed E-state index contributed by atoms with van der Waals surface area (Å²) in [4.78, 5) is 22.0. The van der Waals surface area contributed by atoms with Crippen molar-refractivity contribution in [2.75, 3.05) is 0 Å². The van der Waals surface area contributed by atoms with Crippen LogP contribution in [-0.2, 0) is 80.0 Å². The van der Waals surface area contributed by atoms with Crippen molar-refractivity contribution in [2.24, 2.45) is 0 Å². The first-order valence-corrected chi connectivity index (χ1v) is 50.7. The molecule has 0 radical (unpaired) electrons. The van der Waals surface area contributed by atoms with Crippen LogP contribution in [0, 0.1) is 12.1 Å². The maximum absolute atomic E-state index is 12.7. The summed E-state index contributed by atoms with van der Waals surface area (Å²) < 4.78 is 9.25. The van der Waals surface area contributed by atoms with Crippen molar-refractivity contribution in [1.29, 1.82) is 0 Å². The Morgan fingerprint density at radius 1 is 0.231 bits per heavy atom. The third kappa shape index (κ3) is 19.1. The van der Waals surface area contributed by atoms with Gasteiger partial charge in [0.2, 0.25) is 0 Å². The third-order valence-corrected chi connectivity index (χ3v) is 29.1. The number of para-hydroxylation sites is 6. The van der Waals surface area contributed by atoms with Crippen LogP contribution in [0.15, 0.2) is 376 Å². The Morgan fingerprint density at radius 2 is 0.565 bits per heavy atom. The second-order valence-corrected chi connectivity index (χ2v) is 45.7. The molecule has 6 heterocycles. The minimum absolute atomic E-state index is 0. The van der Waals surface area contributed by atoms with Crippen molar-refractivity contribution >= 4 is 65.7 Å². The van der Waals surface area contributed by atoms with E-state index in [2.05, 4.69) is 533 Å². The van der Waals surface area contributed by atoms with Gasteiger partial charge in [0.1, 0.15) is 23.1 Å². The maximum Gasteiger partial charge on any atom is 0.148 e. The molecule has 0 aliphatic heterocycles. The van der Waals surface area contributed by atoms with E-state index in [-0.39, 0.29) is 86.1 Å². The topological polar surface area (TPSA) is 112 Å². The van der Waals surface area contributed by atoms with Crippen molar-refractivity contribution in [3.8, 4) is 135 Å². The van der Waals surface area contributed by atoms with Crippen LogP contribution in [0.4, 0.5) is 0 Å². The number of hydrogen-bond acceptors (Lipinski definition) is 6. The Morgan fingerprint density at radius 3 is 0.959 bits per heavy atom. The predicted octanol–water partition coefficient (Wildman–Crippen LogP) is 35.2. The molecule has 0 bridgehead atoms. The number of aromatic hydroxyl groups is 2. The first kappa shape index (κ1) is 101. The first-order valence-electron chi connectivity index (χ1n) is 50.7. The number of aromatic nitrogens is 8. The molecule has 0 fully saturated rings. The van der Waals surface area contributed by atoms with Crippen LogP contribution < -0.4 is 0 Å². The fourth-order valence-corrected chi connectivity index (χ4v) is 20.8. The molecule has 0 aliphatic carbocycles. The van der Waals surface area contributed by atoms with Gasteiger partial charge in [-0.05, 0) is 174 Å². The molecule has 16 aromatic carbocycles. The largest absolute Gasteiger partial charge is 0.507 e. The predicted molar refractivity (Wildman–Crippen MR) is 607 cm³/mol. The summed E-state index contributed by atoms with van der Waals surface area (Å²) in [5.41, 5.74) is 34.1. The summed E-state index contributed by atoms with van der Waals surface area (Å²) in [6.45, 7) is 44.6. The van der Waals surface area contributed by atoms with Gasteiger partial charge in [-0.3, -0.25) is 19.1 Å². The number of hydrogen-bond donors (Lipinski definition) is 2. The number of phenolic OH excluding ortho intramolecular Hbond substituents is 2. The quantitative estimate of drug-likeness (QED) is 0.0989. The molecule has 147 heavy (non-hydrogen) atoms. The van der Waals surface area contributed by atoms with E-state index in [0.717, 1.165) is 194 Å². The number of fused-ring (bicyclic) bond motifs is 8. The molecule has 6 aromatic heterocycles. The number of benzene rings is 16. The molecule has 22 rings (SSSR count). The van der Waals surface area contributed by atoms with Crippen LogP contribution in [0.3, 0.4) is 0 Å². The van der Waals surface area contributed by atoms with Gasteiger partial charge in [-0.1, -0.05) is 409 Å². The van der Waals surface area contributed by atoms with Crippen LogP contribution in [0.1, 0.15) is 183 Å². The molecule has 0 atom stereocenters. The Balaban J connectivity index is 0.000000183. The fourth-order valence-electron chi connectivity index (χ4n) is 20.8. The second-order valence-electron chi connectivity index (χ2n) is 45.7. The maximum atomic E-state index is 12.7. The van der Waals surface area contributed by atoms with Gasteiger partial charge >= 0.3 is 0 Å². The van der Waals surface area contributed by atoms with Crippen molar-refractivity contribution in [3.63, 3.8) is 0 Å². The third-order valence-electron chi connectivity index (χ3n) is 29.1. The minimum atomic E-state index is -0.400. The van der Waals surface area contributed by atoms with Crippen molar-refractivity contribution in [2.45, 2.75) is 176 Å². The number of pyridine rings is 2. The summed E-state index contributed by atoms with van der Waals surface area (Å²) in [6, 6.07) is 137. The average molecular weight is 2280 g/mol. The number of rotatable bonds is 15. The number of nitrogens with zero attached hydrogens (tertiary/aromatic N) is 8. The van der Waals surface area contributed by atoms with Crippen LogP contribution in [0.5, 0.6) is 11.5 Å². The van der Waals surface area contributed by atoms with Gasteiger partial charge in [-0.2, -0.15) is 0 Å². The Hall–Kier alpha value is -14.7. The summed E-state index contributed by atoms with van der Waals surface area (Å²) in [5, 5.41) is 29.9. The molecule has 0 spiro atoms. The Labute approximate surface area is 893 Å². The first-order chi connectivity index (χ1) is 69.3. The van der Waals surface area contributed by atoms with Gasteiger partial charge in [0.15, 0.2) is 0 Å². The molecular formula is C135H124N8O2Pt2-2. The van der Waals surface area contributed by atoms with E-state index in [1.807, 2.05) is 12.4 Å². The van der Waals surface area contributed by atoms with Gasteiger partial charge in [0.05, 0.1) is 66.6 Å². The normalized spacial score (nSPS) is 12.3. The van der Waals surface area contributed by atoms with Crippen LogP contribution in [-0.4, -0.2) is 48.4 Å². The van der Waals surface area contributed by atoms with Crippen LogP contribution >= 0.6 is 0 Å². The van der Waals surface area contributed by atoms with Crippen LogP contribution in [0.2, 0.25) is 0 Å². The molecule has 0 unspecified atom stereocenters. The molecule has 2 N–H and O–H groups in total. The summed E-state index contributed by atoms with van der Waals surface area (Å²) in [6.07, 6.45) is 4.05. The zero-order valence-electron chi connectivity index (χ0n) is 87.4. The van der Waals surface area contributed by atoms with E-state index in [1.54, 1.807) is 0 Å². The van der Waals surface area contributed by atoms with E-state index in [1.165, 1.54) is 16.7 Å². The molecule has 738 valence electrons. The van der Waals surface area contributed by atoms with Gasteiger partial charge in [0, 0.05) is 127 Å². The molecule has 0 amide bonds. The summed E-state index contributed by atoms with van der Waals surface area (Å²) in [5.74, 6) is 1.82. The van der Waals surface area contributed by atoms with Crippen molar-refractivity contribution in [1.82, 2.24) is 38.2 Å². The van der Waals surface area contributed by atoms with Gasteiger partial charge in [-0.15, -0.1) is 53.1 Å². The van der Waals surface area contributed by atoms with Crippen molar-refractivity contribution < 1.29 is 52.3 Å². The number of phenols is 2. The SMILES string of the molecule is CC(C)(C)c1ccc(-n2c(-c3cc(C(C)(C)C)cc(C(C)(C)C)c3O)nc3c(-c4[c-]c(-c5cc6c(cn5)c5ccccc5n6-c5ccccc5)cc(-c5ccccc5)c4)cccc32)c(-c2ccccc2)c1.CC(C)(C)c1ccc(-n2c(-c3cc(C(C)(C)C)cc(C(C)(C)C)c3O)nc3c(-c4[c-]c(-c5cc6c(cn5)c5ccccc5n6-c5ccccc5)cc(C(C)(C)c5ccccc5)c4)cccc32)c(-c2ccccc2)c1.[Pt].[Pt]. The molecule has 0 saturated carbocycles.